The van der Waals surface area contributed by atoms with Gasteiger partial charge in [0.25, 0.3) is 5.89 Å². The van der Waals surface area contributed by atoms with Crippen molar-refractivity contribution in [2.45, 2.75) is 60.0 Å². The van der Waals surface area contributed by atoms with E-state index in [0.717, 1.165) is 28.0 Å². The fourth-order valence-electron chi connectivity index (χ4n) is 3.58. The number of primary amides is 1. The molecule has 1 aromatic carbocycles. The summed E-state index contributed by atoms with van der Waals surface area (Å²) in [5.74, 6) is 1.82. The van der Waals surface area contributed by atoms with E-state index in [1.807, 2.05) is 26.0 Å². The number of nitrogens with two attached hydrogens (primary N) is 1. The highest BCUT2D eigenvalue weighted by molar-refractivity contribution is 7.15. The molecule has 0 spiro atoms. The summed E-state index contributed by atoms with van der Waals surface area (Å²) in [5.41, 5.74) is 9.06. The monoisotopic (exact) mass is 457 g/mol. The number of nitrogens with zero attached hydrogens (tertiary/aromatic N) is 2. The van der Waals surface area contributed by atoms with Crippen molar-refractivity contribution < 1.29 is 19.1 Å². The van der Waals surface area contributed by atoms with Crippen LogP contribution in [0.1, 0.15) is 48.3 Å². The molecule has 0 saturated heterocycles. The molecule has 0 fully saturated rings. The minimum atomic E-state index is -0.755. The standard InChI is InChI=1S/C24H31N3O4S/c1-13(2)8-17-11-20(32-16(17)5)24-27-26-23(31-24)18-9-14(3)22(15(4)10-18)30-12-19(28)6-7-21(25)29/h9-11,13,19,28H,6-8,12H2,1-5H3,(H2,25,29)/t19-/m1/s1. The van der Waals surface area contributed by atoms with Gasteiger partial charge in [0.1, 0.15) is 12.4 Å². The van der Waals surface area contributed by atoms with Crippen molar-refractivity contribution in [1.29, 1.82) is 0 Å². The van der Waals surface area contributed by atoms with E-state index in [0.29, 0.717) is 23.4 Å². The predicted octanol–water partition coefficient (Wildman–Crippen LogP) is 4.59. The molecule has 1 atom stereocenters. The van der Waals surface area contributed by atoms with Crippen molar-refractivity contribution in [2.24, 2.45) is 11.7 Å². The van der Waals surface area contributed by atoms with Crippen LogP contribution in [0, 0.1) is 26.7 Å². The molecule has 0 radical (unpaired) electrons. The summed E-state index contributed by atoms with van der Waals surface area (Å²) in [6.07, 6.45) is 0.677. The normalized spacial score (nSPS) is 12.3. The average Bonchev–Trinajstić information content (AvgIpc) is 3.32. The topological polar surface area (TPSA) is 111 Å². The minimum absolute atomic E-state index is 0.0927. The van der Waals surface area contributed by atoms with E-state index in [1.54, 1.807) is 11.3 Å². The third-order valence-electron chi connectivity index (χ3n) is 5.14. The molecule has 172 valence electrons. The number of thiophene rings is 1. The predicted molar refractivity (Wildman–Crippen MR) is 126 cm³/mol. The van der Waals surface area contributed by atoms with E-state index in [9.17, 15) is 9.90 Å². The van der Waals surface area contributed by atoms with Gasteiger partial charge in [-0.1, -0.05) is 13.8 Å². The number of aromatic nitrogens is 2. The summed E-state index contributed by atoms with van der Waals surface area (Å²) in [7, 11) is 0. The lowest BCUT2D eigenvalue weighted by atomic mass is 10.0. The van der Waals surface area contributed by atoms with Crippen LogP contribution in [0.2, 0.25) is 0 Å². The van der Waals surface area contributed by atoms with Crippen molar-refractivity contribution in [3.8, 4) is 28.0 Å². The van der Waals surface area contributed by atoms with Gasteiger partial charge in [-0.2, -0.15) is 0 Å². The number of hydrogen-bond acceptors (Lipinski definition) is 7. The van der Waals surface area contributed by atoms with E-state index in [-0.39, 0.29) is 19.4 Å². The lowest BCUT2D eigenvalue weighted by Gasteiger charge is -2.16. The van der Waals surface area contributed by atoms with Crippen LogP contribution in [0.5, 0.6) is 5.75 Å². The number of benzene rings is 1. The van der Waals surface area contributed by atoms with Crippen LogP contribution in [0.4, 0.5) is 0 Å². The van der Waals surface area contributed by atoms with Gasteiger partial charge in [0.2, 0.25) is 11.8 Å². The number of aliphatic hydroxyl groups excluding tert-OH is 1. The van der Waals surface area contributed by atoms with E-state index in [1.165, 1.54) is 10.4 Å². The number of carbonyl (C=O) groups is 1. The number of rotatable bonds is 10. The van der Waals surface area contributed by atoms with Gasteiger partial charge in [-0.3, -0.25) is 4.79 Å². The second-order valence-corrected chi connectivity index (χ2v) is 9.87. The molecule has 1 amide bonds. The molecule has 0 bridgehead atoms. The third kappa shape index (κ3) is 5.95. The summed E-state index contributed by atoms with van der Waals surface area (Å²) in [6.45, 7) is 10.5. The Kier molecular flexibility index (Phi) is 7.69. The van der Waals surface area contributed by atoms with Gasteiger partial charge in [-0.15, -0.1) is 21.5 Å². The first-order valence-corrected chi connectivity index (χ1v) is 11.6. The number of hydrogen-bond donors (Lipinski definition) is 2. The Bertz CT molecular complexity index is 1060. The van der Waals surface area contributed by atoms with Gasteiger partial charge >= 0.3 is 0 Å². The highest BCUT2D eigenvalue weighted by Gasteiger charge is 2.17. The lowest BCUT2D eigenvalue weighted by Crippen LogP contribution is -2.21. The summed E-state index contributed by atoms with van der Waals surface area (Å²) >= 11 is 1.67. The molecule has 0 aliphatic carbocycles. The molecule has 2 heterocycles. The van der Waals surface area contributed by atoms with Crippen LogP contribution in [0.15, 0.2) is 22.6 Å². The Hall–Kier alpha value is -2.71. The average molecular weight is 458 g/mol. The van der Waals surface area contributed by atoms with E-state index >= 15 is 0 Å². The van der Waals surface area contributed by atoms with Gasteiger partial charge in [-0.05, 0) is 74.4 Å². The van der Waals surface area contributed by atoms with Gasteiger partial charge in [-0.25, -0.2) is 0 Å². The second-order valence-electron chi connectivity index (χ2n) is 8.61. The summed E-state index contributed by atoms with van der Waals surface area (Å²) in [4.78, 5) is 13.1. The summed E-state index contributed by atoms with van der Waals surface area (Å²) in [5, 5.41) is 18.5. The van der Waals surface area contributed by atoms with Crippen molar-refractivity contribution in [1.82, 2.24) is 10.2 Å². The Balaban J connectivity index is 1.74. The molecule has 0 saturated carbocycles. The zero-order valence-electron chi connectivity index (χ0n) is 19.3. The minimum Gasteiger partial charge on any atom is -0.490 e. The highest BCUT2D eigenvalue weighted by Crippen LogP contribution is 2.34. The maximum Gasteiger partial charge on any atom is 0.258 e. The Morgan fingerprint density at radius 3 is 2.44 bits per heavy atom. The maximum absolute atomic E-state index is 10.9. The Morgan fingerprint density at radius 2 is 1.81 bits per heavy atom. The van der Waals surface area contributed by atoms with Crippen LogP contribution in [-0.4, -0.2) is 33.9 Å². The van der Waals surface area contributed by atoms with Gasteiger partial charge in [0.05, 0.1) is 11.0 Å². The zero-order chi connectivity index (χ0) is 23.4. The molecule has 0 aliphatic heterocycles. The van der Waals surface area contributed by atoms with Crippen molar-refractivity contribution in [3.63, 3.8) is 0 Å². The number of amides is 1. The Labute approximate surface area is 192 Å². The first-order valence-electron chi connectivity index (χ1n) is 10.8. The molecule has 0 unspecified atom stereocenters. The molecule has 8 heteroatoms. The number of ether oxygens (including phenoxy) is 1. The SMILES string of the molecule is Cc1cc(-c2nnc(-c3cc(CC(C)C)c(C)s3)o2)cc(C)c1OC[C@H](O)CCC(N)=O. The van der Waals surface area contributed by atoms with Crippen LogP contribution in [0.3, 0.4) is 0 Å². The first kappa shape index (κ1) is 23.9. The number of aliphatic hydroxyl groups is 1. The van der Waals surface area contributed by atoms with Crippen LogP contribution < -0.4 is 10.5 Å². The van der Waals surface area contributed by atoms with E-state index in [2.05, 4.69) is 37.0 Å². The lowest BCUT2D eigenvalue weighted by molar-refractivity contribution is -0.118. The quantitative estimate of drug-likeness (QED) is 0.460. The molecule has 32 heavy (non-hydrogen) atoms. The largest absolute Gasteiger partial charge is 0.490 e. The summed E-state index contributed by atoms with van der Waals surface area (Å²) < 4.78 is 11.8. The van der Waals surface area contributed by atoms with Crippen molar-refractivity contribution in [3.05, 3.63) is 39.8 Å². The van der Waals surface area contributed by atoms with Gasteiger partial charge < -0.3 is 20.0 Å². The molecule has 0 aliphatic rings. The first-order chi connectivity index (χ1) is 15.1. The molecule has 3 N–H and O–H groups in total. The Morgan fingerprint density at radius 1 is 1.16 bits per heavy atom. The fourth-order valence-corrected chi connectivity index (χ4v) is 4.55. The third-order valence-corrected chi connectivity index (χ3v) is 6.22. The molecule has 2 aromatic heterocycles. The molecular formula is C24H31N3O4S. The van der Waals surface area contributed by atoms with E-state index < -0.39 is 12.0 Å². The van der Waals surface area contributed by atoms with Crippen molar-refractivity contribution >= 4 is 17.2 Å². The maximum atomic E-state index is 10.9. The zero-order valence-corrected chi connectivity index (χ0v) is 20.1. The number of aryl methyl sites for hydroxylation is 3. The van der Waals surface area contributed by atoms with E-state index in [4.69, 9.17) is 14.9 Å². The van der Waals surface area contributed by atoms with Crippen molar-refractivity contribution in [2.75, 3.05) is 6.61 Å². The smallest absolute Gasteiger partial charge is 0.258 e. The van der Waals surface area contributed by atoms with Gasteiger partial charge in [0, 0.05) is 16.9 Å². The molecule has 3 rings (SSSR count). The highest BCUT2D eigenvalue weighted by atomic mass is 32.1. The number of carbonyl (C=O) groups excluding carboxylic acids is 1. The molecule has 7 nitrogen and oxygen atoms in total. The van der Waals surface area contributed by atoms with Crippen LogP contribution in [-0.2, 0) is 11.2 Å². The van der Waals surface area contributed by atoms with Crippen LogP contribution >= 0.6 is 11.3 Å². The van der Waals surface area contributed by atoms with Gasteiger partial charge in [0.15, 0.2) is 0 Å². The summed E-state index contributed by atoms with van der Waals surface area (Å²) in [6, 6.07) is 6.01. The molecule has 3 aromatic rings. The molecular weight excluding hydrogens is 426 g/mol. The fraction of sp³-hybridized carbons (Fsp3) is 0.458. The van der Waals surface area contributed by atoms with Crippen LogP contribution in [0.25, 0.3) is 22.2 Å². The second kappa shape index (κ2) is 10.3.